The molecule has 0 aromatic carbocycles. The third kappa shape index (κ3) is 3.51. The van der Waals surface area contributed by atoms with Gasteiger partial charge in [-0.1, -0.05) is 0 Å². The van der Waals surface area contributed by atoms with Gasteiger partial charge in [0.1, 0.15) is 17.1 Å². The van der Waals surface area contributed by atoms with E-state index >= 15 is 0 Å². The fraction of sp³-hybridized carbons (Fsp3) is 0.333. The van der Waals surface area contributed by atoms with E-state index in [-0.39, 0.29) is 17.4 Å². The number of carboxylic acids is 1. The number of hydrogen-bond acceptors (Lipinski definition) is 7. The van der Waals surface area contributed by atoms with E-state index in [4.69, 9.17) is 0 Å². The average molecular weight is 381 g/mol. The monoisotopic (exact) mass is 381 g/mol. The molecular formula is C15H15N3O5S2. The number of carboxylic acid groups (broad SMARTS) is 1. The Morgan fingerprint density at radius 3 is 2.76 bits per heavy atom. The van der Waals surface area contributed by atoms with Crippen molar-refractivity contribution >= 4 is 41.3 Å². The van der Waals surface area contributed by atoms with Gasteiger partial charge in [-0.2, -0.15) is 0 Å². The molecule has 0 bridgehead atoms. The van der Waals surface area contributed by atoms with E-state index in [1.54, 1.807) is 24.5 Å². The maximum atomic E-state index is 12.3. The fourth-order valence-electron chi connectivity index (χ4n) is 2.60. The van der Waals surface area contributed by atoms with Gasteiger partial charge in [0.25, 0.3) is 5.91 Å². The summed E-state index contributed by atoms with van der Waals surface area (Å²) in [4.78, 5) is 41.7. The van der Waals surface area contributed by atoms with Crippen LogP contribution in [0.2, 0.25) is 0 Å². The van der Waals surface area contributed by atoms with Gasteiger partial charge in [0, 0.05) is 23.0 Å². The highest BCUT2D eigenvalue weighted by Crippen LogP contribution is 2.40. The summed E-state index contributed by atoms with van der Waals surface area (Å²) in [6.45, 7) is -0.412. The molecule has 2 aliphatic heterocycles. The lowest BCUT2D eigenvalue weighted by molar-refractivity contribution is -0.150. The lowest BCUT2D eigenvalue weighted by Crippen LogP contribution is -2.70. The molecule has 1 aromatic heterocycles. The number of β-lactam (4-membered cyclic amide) rings is 1. The van der Waals surface area contributed by atoms with Crippen molar-refractivity contribution in [1.82, 2.24) is 15.2 Å². The van der Waals surface area contributed by atoms with Crippen LogP contribution in [0.5, 0.6) is 0 Å². The highest BCUT2D eigenvalue weighted by Gasteiger charge is 2.54. The third-order valence-electron chi connectivity index (χ3n) is 3.78. The van der Waals surface area contributed by atoms with Crippen LogP contribution in [0.1, 0.15) is 0 Å². The van der Waals surface area contributed by atoms with Crippen LogP contribution in [0.15, 0.2) is 40.7 Å². The number of aliphatic carboxylic acids is 1. The van der Waals surface area contributed by atoms with E-state index in [0.717, 1.165) is 9.80 Å². The molecule has 1 saturated heterocycles. The maximum Gasteiger partial charge on any atom is 0.352 e. The van der Waals surface area contributed by atoms with Crippen LogP contribution in [-0.2, 0) is 14.4 Å². The molecular weight excluding hydrogens is 366 g/mol. The van der Waals surface area contributed by atoms with Crippen LogP contribution in [-0.4, -0.2) is 67.4 Å². The largest absolute Gasteiger partial charge is 0.477 e. The van der Waals surface area contributed by atoms with Crippen molar-refractivity contribution in [3.63, 3.8) is 0 Å². The number of thioether (sulfide) groups is 2. The molecule has 10 heteroatoms. The molecule has 1 fully saturated rings. The number of fused-ring (bicyclic) bond motifs is 1. The molecule has 3 heterocycles. The molecule has 0 saturated carbocycles. The first-order valence-electron chi connectivity index (χ1n) is 7.36. The number of nitrogens with zero attached hydrogens (tertiary/aromatic N) is 2. The number of aromatic nitrogens is 1. The van der Waals surface area contributed by atoms with Crippen molar-refractivity contribution < 1.29 is 24.6 Å². The summed E-state index contributed by atoms with van der Waals surface area (Å²) >= 11 is 2.65. The summed E-state index contributed by atoms with van der Waals surface area (Å²) in [7, 11) is 0. The van der Waals surface area contributed by atoms with Gasteiger partial charge < -0.3 is 15.5 Å². The third-order valence-corrected chi connectivity index (χ3v) is 6.13. The molecule has 2 amide bonds. The Bertz CT molecular complexity index is 740. The molecule has 132 valence electrons. The zero-order chi connectivity index (χ0) is 18.0. The minimum Gasteiger partial charge on any atom is -0.477 e. The highest BCUT2D eigenvalue weighted by molar-refractivity contribution is 8.00. The quantitative estimate of drug-likeness (QED) is 0.462. The number of pyridine rings is 1. The van der Waals surface area contributed by atoms with Gasteiger partial charge in [0.2, 0.25) is 5.91 Å². The molecule has 2 aliphatic rings. The predicted molar refractivity (Wildman–Crippen MR) is 91.7 cm³/mol. The number of carbonyl (C=O) groups is 3. The predicted octanol–water partition coefficient (Wildman–Crippen LogP) is -0.0954. The SMILES string of the molecule is O=C(CSc1ccncc1)N[C@@H]1C(=O)N2C(C(=O)O)=C(CO)CS[C@@H]12. The lowest BCUT2D eigenvalue weighted by atomic mass is 10.0. The summed E-state index contributed by atoms with van der Waals surface area (Å²) in [5, 5.41) is 20.8. The van der Waals surface area contributed by atoms with Crippen LogP contribution in [0.3, 0.4) is 0 Å². The minimum absolute atomic E-state index is 0.148. The molecule has 0 unspecified atom stereocenters. The van der Waals surface area contributed by atoms with Crippen molar-refractivity contribution in [2.45, 2.75) is 16.3 Å². The zero-order valence-electron chi connectivity index (χ0n) is 12.9. The first-order valence-corrected chi connectivity index (χ1v) is 9.39. The Hall–Kier alpha value is -2.04. The van der Waals surface area contributed by atoms with Crippen LogP contribution < -0.4 is 5.32 Å². The number of hydrogen-bond donors (Lipinski definition) is 3. The summed E-state index contributed by atoms with van der Waals surface area (Å²) in [6.07, 6.45) is 3.26. The number of aliphatic hydroxyl groups is 1. The van der Waals surface area contributed by atoms with Crippen molar-refractivity contribution in [2.24, 2.45) is 0 Å². The topological polar surface area (TPSA) is 120 Å². The minimum atomic E-state index is -1.25. The Balaban J connectivity index is 1.61. The molecule has 0 aliphatic carbocycles. The highest BCUT2D eigenvalue weighted by atomic mass is 32.2. The van der Waals surface area contributed by atoms with E-state index in [1.165, 1.54) is 23.5 Å². The number of rotatable bonds is 6. The first-order chi connectivity index (χ1) is 12.0. The lowest BCUT2D eigenvalue weighted by Gasteiger charge is -2.49. The number of nitrogens with one attached hydrogen (secondary N) is 1. The standard InChI is InChI=1S/C15H15N3O5S2/c19-5-8-6-25-14-11(13(21)18(14)12(8)15(22)23)17-10(20)7-24-9-1-3-16-4-2-9/h1-4,11,14,19H,5-7H2,(H,17,20)(H,22,23)/t11-,14+/m1/s1. The fourth-order valence-corrected chi connectivity index (χ4v) is 4.63. The molecule has 0 radical (unpaired) electrons. The number of carbonyl (C=O) groups excluding carboxylic acids is 2. The first kappa shape index (κ1) is 17.8. The number of aliphatic hydroxyl groups excluding tert-OH is 1. The smallest absolute Gasteiger partial charge is 0.352 e. The second-order valence-electron chi connectivity index (χ2n) is 5.34. The van der Waals surface area contributed by atoms with Crippen LogP contribution in [0.4, 0.5) is 0 Å². The van der Waals surface area contributed by atoms with Gasteiger partial charge in [0.05, 0.1) is 12.4 Å². The second kappa shape index (κ2) is 7.46. The van der Waals surface area contributed by atoms with E-state index in [0.29, 0.717) is 11.3 Å². The second-order valence-corrected chi connectivity index (χ2v) is 7.50. The van der Waals surface area contributed by atoms with Crippen molar-refractivity contribution in [3.8, 4) is 0 Å². The van der Waals surface area contributed by atoms with E-state index < -0.39 is 29.9 Å². The van der Waals surface area contributed by atoms with Crippen LogP contribution >= 0.6 is 23.5 Å². The van der Waals surface area contributed by atoms with Gasteiger partial charge >= 0.3 is 5.97 Å². The van der Waals surface area contributed by atoms with E-state index in [9.17, 15) is 24.6 Å². The van der Waals surface area contributed by atoms with Gasteiger partial charge in [-0.15, -0.1) is 23.5 Å². The molecule has 2 atom stereocenters. The van der Waals surface area contributed by atoms with Crippen LogP contribution in [0, 0.1) is 0 Å². The summed E-state index contributed by atoms with van der Waals surface area (Å²) in [5.41, 5.74) is 0.132. The molecule has 3 N–H and O–H groups in total. The Morgan fingerprint density at radius 2 is 2.12 bits per heavy atom. The van der Waals surface area contributed by atoms with Crippen molar-refractivity contribution in [1.29, 1.82) is 0 Å². The normalized spacial score (nSPS) is 22.3. The molecule has 1 aromatic rings. The Morgan fingerprint density at radius 1 is 1.40 bits per heavy atom. The van der Waals surface area contributed by atoms with Gasteiger partial charge in [-0.25, -0.2) is 4.79 Å². The number of amides is 2. The Labute approximate surface area is 151 Å². The maximum absolute atomic E-state index is 12.3. The van der Waals surface area contributed by atoms with Crippen LogP contribution in [0.25, 0.3) is 0 Å². The van der Waals surface area contributed by atoms with Gasteiger partial charge in [0.15, 0.2) is 0 Å². The summed E-state index contributed by atoms with van der Waals surface area (Å²) in [6, 6.07) is 2.82. The average Bonchev–Trinajstić information content (AvgIpc) is 2.63. The van der Waals surface area contributed by atoms with Crippen molar-refractivity contribution in [3.05, 3.63) is 35.8 Å². The summed E-state index contributed by atoms with van der Waals surface area (Å²) < 4.78 is 0. The zero-order valence-corrected chi connectivity index (χ0v) is 14.5. The molecule has 8 nitrogen and oxygen atoms in total. The van der Waals surface area contributed by atoms with Crippen molar-refractivity contribution in [2.75, 3.05) is 18.1 Å². The molecule has 25 heavy (non-hydrogen) atoms. The van der Waals surface area contributed by atoms with E-state index in [1.807, 2.05) is 0 Å². The van der Waals surface area contributed by atoms with Gasteiger partial charge in [-0.05, 0) is 17.7 Å². The Kier molecular flexibility index (Phi) is 5.30. The van der Waals surface area contributed by atoms with Gasteiger partial charge in [-0.3, -0.25) is 19.5 Å². The molecule has 3 rings (SSSR count). The molecule has 0 spiro atoms. The summed E-state index contributed by atoms with van der Waals surface area (Å²) in [5.74, 6) is -1.56. The van der Waals surface area contributed by atoms with E-state index in [2.05, 4.69) is 10.3 Å².